The van der Waals surface area contributed by atoms with Crippen LogP contribution in [0.2, 0.25) is 0 Å². The molecule has 0 saturated carbocycles. The van der Waals surface area contributed by atoms with Gasteiger partial charge in [-0.1, -0.05) is 6.92 Å². The van der Waals surface area contributed by atoms with Crippen LogP contribution in [0.4, 0.5) is 9.18 Å². The number of aliphatic carboxylic acids is 1. The average molecular weight is 275 g/mol. The van der Waals surface area contributed by atoms with Gasteiger partial charge >= 0.3 is 11.7 Å². The Kier molecular flexibility index (Phi) is 6.79. The summed E-state index contributed by atoms with van der Waals surface area (Å²) >= 11 is 0. The van der Waals surface area contributed by atoms with Crippen LogP contribution >= 0.6 is 0 Å². The van der Waals surface area contributed by atoms with Crippen LogP contribution in [0.1, 0.15) is 20.3 Å². The summed E-state index contributed by atoms with van der Waals surface area (Å²) in [6.07, 6.45) is 1.25. The second-order valence-electron chi connectivity index (χ2n) is 3.36. The highest BCUT2D eigenvalue weighted by Gasteiger charge is 2.09. The number of carbonyl (C=O) groups is 2. The smallest absolute Gasteiger partial charge is 0.336 e. The van der Waals surface area contributed by atoms with Gasteiger partial charge < -0.3 is 10.4 Å². The molecule has 0 radical (unpaired) electrons. The van der Waals surface area contributed by atoms with Crippen LogP contribution in [-0.2, 0) is 4.79 Å². The second kappa shape index (κ2) is 7.80. The molecule has 0 atom stereocenters. The van der Waals surface area contributed by atoms with Gasteiger partial charge in [0.15, 0.2) is 0 Å². The van der Waals surface area contributed by atoms with Crippen molar-refractivity contribution < 1.29 is 19.1 Å². The maximum Gasteiger partial charge on any atom is 0.336 e. The Morgan fingerprint density at radius 3 is 2.47 bits per heavy atom. The van der Waals surface area contributed by atoms with Crippen molar-refractivity contribution in [3.8, 4) is 0 Å². The van der Waals surface area contributed by atoms with Crippen LogP contribution in [0, 0.1) is 5.82 Å². The number of halogens is 1. The van der Waals surface area contributed by atoms with E-state index in [0.717, 1.165) is 6.92 Å². The lowest BCUT2D eigenvalue weighted by Crippen LogP contribution is -2.40. The van der Waals surface area contributed by atoms with Gasteiger partial charge in [-0.15, -0.1) is 0 Å². The summed E-state index contributed by atoms with van der Waals surface area (Å²) in [5.41, 5.74) is -2.10. The average Bonchev–Trinajstić information content (AvgIpc) is 2.30. The zero-order chi connectivity index (χ0) is 15.0. The molecule has 3 N–H and O–H groups in total. The molecule has 19 heavy (non-hydrogen) atoms. The van der Waals surface area contributed by atoms with E-state index in [1.54, 1.807) is 4.98 Å². The van der Waals surface area contributed by atoms with Crippen molar-refractivity contribution in [2.45, 2.75) is 20.3 Å². The summed E-state index contributed by atoms with van der Waals surface area (Å²) in [4.78, 5) is 43.7. The maximum atomic E-state index is 12.8. The van der Waals surface area contributed by atoms with Crippen LogP contribution in [0.15, 0.2) is 15.8 Å². The summed E-state index contributed by atoms with van der Waals surface area (Å²) < 4.78 is 13.2. The lowest BCUT2D eigenvalue weighted by molar-refractivity contribution is -0.134. The van der Waals surface area contributed by atoms with Gasteiger partial charge in [-0.05, 0) is 6.42 Å². The van der Waals surface area contributed by atoms with E-state index in [9.17, 15) is 18.8 Å². The third-order valence-corrected chi connectivity index (χ3v) is 1.64. The van der Waals surface area contributed by atoms with Crippen LogP contribution in [0.3, 0.4) is 0 Å². The van der Waals surface area contributed by atoms with Crippen LogP contribution in [0.25, 0.3) is 0 Å². The number of rotatable bonds is 2. The summed E-state index contributed by atoms with van der Waals surface area (Å²) in [6.45, 7) is 3.28. The molecule has 0 fully saturated rings. The van der Waals surface area contributed by atoms with Crippen LogP contribution < -0.4 is 16.6 Å². The highest BCUT2D eigenvalue weighted by atomic mass is 19.1. The molecular formula is C10H14FN3O5. The summed E-state index contributed by atoms with van der Waals surface area (Å²) in [5.74, 6) is -2.01. The van der Waals surface area contributed by atoms with E-state index < -0.39 is 29.1 Å². The van der Waals surface area contributed by atoms with Gasteiger partial charge in [-0.2, -0.15) is 4.39 Å². The summed E-state index contributed by atoms with van der Waals surface area (Å²) in [5, 5.41) is 9.79. The SMILES string of the molecule is CC(=O)O.CCCNC(=O)n1cc(F)c(=O)[nH]c1=O. The van der Waals surface area contributed by atoms with Gasteiger partial charge in [0.05, 0.1) is 6.20 Å². The molecular weight excluding hydrogens is 261 g/mol. The van der Waals surface area contributed by atoms with Gasteiger partial charge in [0.1, 0.15) is 0 Å². The van der Waals surface area contributed by atoms with Crippen LogP contribution in [0.5, 0.6) is 0 Å². The molecule has 1 aromatic rings. The molecule has 0 aliphatic rings. The molecule has 0 aromatic carbocycles. The lowest BCUT2D eigenvalue weighted by Gasteiger charge is -2.04. The highest BCUT2D eigenvalue weighted by Crippen LogP contribution is 1.84. The second-order valence-corrected chi connectivity index (χ2v) is 3.36. The number of carboxylic acids is 1. The van der Waals surface area contributed by atoms with Gasteiger partial charge in [-0.25, -0.2) is 14.2 Å². The number of aromatic nitrogens is 2. The van der Waals surface area contributed by atoms with Crippen molar-refractivity contribution in [3.05, 3.63) is 32.9 Å². The fourth-order valence-corrected chi connectivity index (χ4v) is 0.916. The molecule has 0 unspecified atom stereocenters. The third-order valence-electron chi connectivity index (χ3n) is 1.64. The van der Waals surface area contributed by atoms with E-state index in [2.05, 4.69) is 5.32 Å². The number of H-pyrrole nitrogens is 1. The molecule has 0 aliphatic heterocycles. The first-order valence-corrected chi connectivity index (χ1v) is 5.28. The van der Waals surface area contributed by atoms with E-state index in [1.807, 2.05) is 6.92 Å². The standard InChI is InChI=1S/C8H10FN3O3.C2H4O2/c1-2-3-10-7(14)12-4-5(9)6(13)11-8(12)15;1-2(3)4/h4H,2-3H2,1H3,(H,10,14)(H,11,13,15);1H3,(H,3,4). The molecule has 0 spiro atoms. The zero-order valence-corrected chi connectivity index (χ0v) is 10.4. The third kappa shape index (κ3) is 6.15. The molecule has 1 rings (SSSR count). The Hall–Kier alpha value is -2.45. The van der Waals surface area contributed by atoms with Gasteiger partial charge in [0.25, 0.3) is 11.5 Å². The van der Waals surface area contributed by atoms with Gasteiger partial charge in [0, 0.05) is 13.5 Å². The number of aromatic amines is 1. The van der Waals surface area contributed by atoms with E-state index in [-0.39, 0.29) is 0 Å². The molecule has 1 heterocycles. The number of nitrogens with zero attached hydrogens (tertiary/aromatic N) is 1. The Balaban J connectivity index is 0.000000711. The Morgan fingerprint density at radius 1 is 1.47 bits per heavy atom. The number of hydrogen-bond donors (Lipinski definition) is 3. The molecule has 1 amide bonds. The molecule has 0 saturated heterocycles. The van der Waals surface area contributed by atoms with Crippen molar-refractivity contribution in [2.75, 3.05) is 6.54 Å². The quantitative estimate of drug-likeness (QED) is 0.686. The molecule has 9 heteroatoms. The van der Waals surface area contributed by atoms with Crippen molar-refractivity contribution in [1.29, 1.82) is 0 Å². The molecule has 0 bridgehead atoms. The predicted octanol–water partition coefficient (Wildman–Crippen LogP) is -0.266. The Morgan fingerprint density at radius 2 is 2.00 bits per heavy atom. The first kappa shape index (κ1) is 16.6. The number of hydrogen-bond acceptors (Lipinski definition) is 4. The van der Waals surface area contributed by atoms with E-state index in [1.165, 1.54) is 0 Å². The minimum Gasteiger partial charge on any atom is -0.481 e. The van der Waals surface area contributed by atoms with Crippen molar-refractivity contribution in [1.82, 2.24) is 14.9 Å². The minimum atomic E-state index is -1.18. The fraction of sp³-hybridized carbons (Fsp3) is 0.400. The van der Waals surface area contributed by atoms with Gasteiger partial charge in [-0.3, -0.25) is 14.6 Å². The number of carboxylic acid groups (broad SMARTS) is 1. The highest BCUT2D eigenvalue weighted by molar-refractivity contribution is 5.76. The number of nitrogens with one attached hydrogen (secondary N) is 2. The molecule has 0 aliphatic carbocycles. The van der Waals surface area contributed by atoms with Crippen molar-refractivity contribution in [2.24, 2.45) is 0 Å². The predicted molar refractivity (Wildman–Crippen MR) is 63.7 cm³/mol. The summed E-state index contributed by atoms with van der Waals surface area (Å²) in [6, 6.07) is -0.767. The first-order valence-electron chi connectivity index (χ1n) is 5.28. The van der Waals surface area contributed by atoms with Crippen LogP contribution in [-0.4, -0.2) is 33.2 Å². The van der Waals surface area contributed by atoms with Gasteiger partial charge in [0.2, 0.25) is 5.82 Å². The fourth-order valence-electron chi connectivity index (χ4n) is 0.916. The van der Waals surface area contributed by atoms with Crippen molar-refractivity contribution in [3.63, 3.8) is 0 Å². The number of amides is 1. The first-order chi connectivity index (χ1) is 8.79. The Bertz CT molecular complexity index is 559. The Labute approximate surface area is 106 Å². The monoisotopic (exact) mass is 275 g/mol. The zero-order valence-electron chi connectivity index (χ0n) is 10.4. The van der Waals surface area contributed by atoms with E-state index >= 15 is 0 Å². The molecule has 8 nitrogen and oxygen atoms in total. The van der Waals surface area contributed by atoms with E-state index in [0.29, 0.717) is 23.7 Å². The normalized spacial score (nSPS) is 9.21. The minimum absolute atomic E-state index is 0.367. The topological polar surface area (TPSA) is 121 Å². The van der Waals surface area contributed by atoms with E-state index in [4.69, 9.17) is 9.90 Å². The lowest BCUT2D eigenvalue weighted by atomic mass is 10.5. The maximum absolute atomic E-state index is 12.8. The van der Waals surface area contributed by atoms with Crippen molar-refractivity contribution >= 4 is 12.0 Å². The molecule has 106 valence electrons. The number of carbonyl (C=O) groups excluding carboxylic acids is 1. The summed E-state index contributed by atoms with van der Waals surface area (Å²) in [7, 11) is 0. The molecule has 1 aromatic heterocycles. The largest absolute Gasteiger partial charge is 0.481 e.